The Balaban J connectivity index is 0.00000324. The fraction of sp³-hybridized carbons (Fsp3) is 0.600. The quantitative estimate of drug-likeness (QED) is 0.432. The molecule has 1 unspecified atom stereocenters. The molecule has 4 heteroatoms. The first-order chi connectivity index (χ1) is 8.86. The SMILES string of the molecule is CCCCCCCCCc1ccc(O[PH+]=O)cc1.[Cr]. The summed E-state index contributed by atoms with van der Waals surface area (Å²) in [4.78, 5) is 0. The molecule has 0 radical (unpaired) electrons. The fourth-order valence-corrected chi connectivity index (χ4v) is 2.29. The molecule has 0 amide bonds. The standard InChI is InChI=1S/C15H24O2P.Cr/c1-2-3-4-5-6-7-8-9-14-10-12-15(13-11-14)17-18-16;/h10-13,18H,2-9H2,1H3;/q+1;. The average Bonchev–Trinajstić information content (AvgIpc) is 2.40. The largest absolute Gasteiger partial charge is 0.542 e. The summed E-state index contributed by atoms with van der Waals surface area (Å²) in [6, 6.07) is 7.90. The molecule has 2 nitrogen and oxygen atoms in total. The van der Waals surface area contributed by atoms with E-state index in [1.807, 2.05) is 12.1 Å². The number of aryl methyl sites for hydroxylation is 1. The number of benzene rings is 1. The maximum atomic E-state index is 10.3. The van der Waals surface area contributed by atoms with Crippen molar-refractivity contribution in [3.8, 4) is 5.75 Å². The summed E-state index contributed by atoms with van der Waals surface area (Å²) in [6.45, 7) is 2.25. The van der Waals surface area contributed by atoms with Crippen LogP contribution in [0.5, 0.6) is 5.75 Å². The molecule has 0 heterocycles. The van der Waals surface area contributed by atoms with Crippen LogP contribution in [0, 0.1) is 0 Å². The molecule has 0 aliphatic carbocycles. The van der Waals surface area contributed by atoms with Gasteiger partial charge in [0.25, 0.3) is 0 Å². The molecule has 1 aromatic rings. The first-order valence-corrected chi connectivity index (χ1v) is 7.81. The van der Waals surface area contributed by atoms with Crippen molar-refractivity contribution in [1.29, 1.82) is 0 Å². The minimum atomic E-state index is -0.718. The molecule has 0 aromatic heterocycles. The minimum Gasteiger partial charge on any atom is -0.256 e. The molecule has 1 rings (SSSR count). The van der Waals surface area contributed by atoms with E-state index in [2.05, 4.69) is 19.1 Å². The number of hydrogen-bond acceptors (Lipinski definition) is 2. The van der Waals surface area contributed by atoms with Crippen LogP contribution in [0.25, 0.3) is 0 Å². The summed E-state index contributed by atoms with van der Waals surface area (Å²) >= 11 is 0. The zero-order valence-electron chi connectivity index (χ0n) is 11.7. The van der Waals surface area contributed by atoms with Crippen molar-refractivity contribution in [2.75, 3.05) is 0 Å². The van der Waals surface area contributed by atoms with E-state index in [1.165, 1.54) is 50.5 Å². The molecule has 19 heavy (non-hydrogen) atoms. The summed E-state index contributed by atoms with van der Waals surface area (Å²) in [7, 11) is -0.718. The van der Waals surface area contributed by atoms with E-state index in [-0.39, 0.29) is 17.4 Å². The van der Waals surface area contributed by atoms with Gasteiger partial charge in [-0.1, -0.05) is 57.6 Å². The summed E-state index contributed by atoms with van der Waals surface area (Å²) in [5.74, 6) is 0.687. The Morgan fingerprint density at radius 1 is 0.947 bits per heavy atom. The van der Waals surface area contributed by atoms with E-state index in [0.29, 0.717) is 5.75 Å². The Labute approximate surface area is 129 Å². The van der Waals surface area contributed by atoms with E-state index in [9.17, 15) is 4.57 Å². The molecule has 0 bridgehead atoms. The summed E-state index contributed by atoms with van der Waals surface area (Å²) in [6.07, 6.45) is 10.5. The van der Waals surface area contributed by atoms with Crippen LogP contribution in [-0.4, -0.2) is 0 Å². The van der Waals surface area contributed by atoms with Gasteiger partial charge < -0.3 is 0 Å². The smallest absolute Gasteiger partial charge is 0.256 e. The molecule has 106 valence electrons. The summed E-state index contributed by atoms with van der Waals surface area (Å²) in [5.41, 5.74) is 1.34. The van der Waals surface area contributed by atoms with Gasteiger partial charge in [-0.3, -0.25) is 4.52 Å². The first kappa shape index (κ1) is 18.7. The van der Waals surface area contributed by atoms with Gasteiger partial charge in [-0.2, -0.15) is 0 Å². The van der Waals surface area contributed by atoms with E-state index in [0.717, 1.165) is 6.42 Å². The van der Waals surface area contributed by atoms with Gasteiger partial charge in [-0.05, 0) is 35.1 Å². The van der Waals surface area contributed by atoms with E-state index in [1.54, 1.807) is 0 Å². The van der Waals surface area contributed by atoms with Gasteiger partial charge in [0.1, 0.15) is 0 Å². The number of rotatable bonds is 10. The van der Waals surface area contributed by atoms with Crippen LogP contribution in [0.3, 0.4) is 0 Å². The summed E-state index contributed by atoms with van der Waals surface area (Å²) < 4.78 is 15.2. The van der Waals surface area contributed by atoms with Crippen molar-refractivity contribution in [3.63, 3.8) is 0 Å². The molecule has 1 atom stereocenters. The second-order valence-electron chi connectivity index (χ2n) is 4.70. The van der Waals surface area contributed by atoms with Crippen LogP contribution in [0.1, 0.15) is 57.4 Å². The van der Waals surface area contributed by atoms with E-state index >= 15 is 0 Å². The molecule has 0 fully saturated rings. The predicted molar refractivity (Wildman–Crippen MR) is 77.8 cm³/mol. The zero-order chi connectivity index (χ0) is 13.1. The monoisotopic (exact) mass is 319 g/mol. The van der Waals surface area contributed by atoms with Gasteiger partial charge in [0.15, 0.2) is 5.75 Å². The maximum absolute atomic E-state index is 10.3. The zero-order valence-corrected chi connectivity index (χ0v) is 14.0. The Bertz CT molecular complexity index is 327. The number of unbranched alkanes of at least 4 members (excludes halogenated alkanes) is 6. The molecule has 1 aromatic carbocycles. The number of hydrogen-bond donors (Lipinski definition) is 0. The minimum absolute atomic E-state index is 0. The van der Waals surface area contributed by atoms with Gasteiger partial charge in [0, 0.05) is 17.4 Å². The Morgan fingerprint density at radius 2 is 1.53 bits per heavy atom. The van der Waals surface area contributed by atoms with Gasteiger partial charge in [0.05, 0.1) is 0 Å². The summed E-state index contributed by atoms with van der Waals surface area (Å²) in [5, 5.41) is 0. The van der Waals surface area contributed by atoms with Gasteiger partial charge in [0.2, 0.25) is 0 Å². The van der Waals surface area contributed by atoms with Gasteiger partial charge in [-0.15, -0.1) is 0 Å². The normalized spacial score (nSPS) is 10.2. The maximum Gasteiger partial charge on any atom is 0.542 e. The molecular weight excluding hydrogens is 295 g/mol. The van der Waals surface area contributed by atoms with E-state index in [4.69, 9.17) is 4.52 Å². The molecule has 0 spiro atoms. The molecule has 0 aliphatic rings. The Kier molecular flexibility index (Phi) is 12.4. The van der Waals surface area contributed by atoms with Gasteiger partial charge in [-0.25, -0.2) is 0 Å². The van der Waals surface area contributed by atoms with Crippen molar-refractivity contribution in [2.45, 2.75) is 58.3 Å². The third kappa shape index (κ3) is 9.22. The van der Waals surface area contributed by atoms with Crippen LogP contribution in [0.2, 0.25) is 0 Å². The van der Waals surface area contributed by atoms with Crippen LogP contribution < -0.4 is 4.52 Å². The molecule has 0 N–H and O–H groups in total. The van der Waals surface area contributed by atoms with Gasteiger partial charge >= 0.3 is 8.69 Å². The van der Waals surface area contributed by atoms with Crippen molar-refractivity contribution in [1.82, 2.24) is 0 Å². The third-order valence-corrected chi connectivity index (χ3v) is 3.47. The molecular formula is C15H24CrO2P+. The van der Waals surface area contributed by atoms with Crippen LogP contribution in [0.4, 0.5) is 0 Å². The van der Waals surface area contributed by atoms with Crippen LogP contribution >= 0.6 is 8.69 Å². The molecule has 0 saturated carbocycles. The second kappa shape index (κ2) is 12.7. The Hall–Kier alpha value is -0.348. The Morgan fingerprint density at radius 3 is 2.11 bits per heavy atom. The molecule has 0 saturated heterocycles. The predicted octanol–water partition coefficient (Wildman–Crippen LogP) is 5.30. The van der Waals surface area contributed by atoms with Crippen molar-refractivity contribution in [3.05, 3.63) is 29.8 Å². The average molecular weight is 319 g/mol. The first-order valence-electron chi connectivity index (χ1n) is 6.99. The molecule has 0 aliphatic heterocycles. The van der Waals surface area contributed by atoms with Crippen LogP contribution in [-0.2, 0) is 28.3 Å². The fourth-order valence-electron chi connectivity index (χ4n) is 2.06. The van der Waals surface area contributed by atoms with Crippen molar-refractivity contribution < 1.29 is 26.4 Å². The van der Waals surface area contributed by atoms with Crippen molar-refractivity contribution >= 4 is 8.69 Å². The van der Waals surface area contributed by atoms with Crippen LogP contribution in [0.15, 0.2) is 24.3 Å². The van der Waals surface area contributed by atoms with E-state index < -0.39 is 8.69 Å². The second-order valence-corrected chi connectivity index (χ2v) is 5.07. The van der Waals surface area contributed by atoms with Crippen molar-refractivity contribution in [2.24, 2.45) is 0 Å². The topological polar surface area (TPSA) is 26.3 Å². The third-order valence-electron chi connectivity index (χ3n) is 3.15.